The van der Waals surface area contributed by atoms with Gasteiger partial charge in [0.25, 0.3) is 5.91 Å². The Labute approximate surface area is 115 Å². The van der Waals surface area contributed by atoms with Crippen LogP contribution in [0.1, 0.15) is 29.3 Å². The van der Waals surface area contributed by atoms with Crippen LogP contribution >= 0.6 is 0 Å². The van der Waals surface area contributed by atoms with Crippen LogP contribution in [0.25, 0.3) is 0 Å². The monoisotopic (exact) mass is 264 g/mol. The summed E-state index contributed by atoms with van der Waals surface area (Å²) >= 11 is 0. The summed E-state index contributed by atoms with van der Waals surface area (Å²) in [5.41, 5.74) is 1.86. The average Bonchev–Trinajstić information content (AvgIpc) is 2.42. The van der Waals surface area contributed by atoms with Crippen LogP contribution in [0.2, 0.25) is 0 Å². The van der Waals surface area contributed by atoms with E-state index in [1.165, 1.54) is 0 Å². The predicted molar refractivity (Wildman–Crippen MR) is 77.5 cm³/mol. The molecule has 4 heteroatoms. The SMILES string of the molecule is CCC(COC)NCCNC(=O)c1ccc(C)cc1. The first kappa shape index (κ1) is 15.7. The molecule has 0 aliphatic carbocycles. The number of benzene rings is 1. The van der Waals surface area contributed by atoms with Gasteiger partial charge < -0.3 is 15.4 Å². The molecular formula is C15H24N2O2. The van der Waals surface area contributed by atoms with Crippen LogP contribution in [0.3, 0.4) is 0 Å². The number of methoxy groups -OCH3 is 1. The van der Waals surface area contributed by atoms with Crippen LogP contribution in [-0.2, 0) is 4.74 Å². The summed E-state index contributed by atoms with van der Waals surface area (Å²) in [4.78, 5) is 11.8. The third-order valence-electron chi connectivity index (χ3n) is 3.02. The van der Waals surface area contributed by atoms with E-state index in [9.17, 15) is 4.79 Å². The Morgan fingerprint density at radius 3 is 2.53 bits per heavy atom. The molecule has 1 atom stereocenters. The summed E-state index contributed by atoms with van der Waals surface area (Å²) < 4.78 is 5.10. The van der Waals surface area contributed by atoms with Crippen molar-refractivity contribution >= 4 is 5.91 Å². The molecule has 0 aromatic heterocycles. The van der Waals surface area contributed by atoms with Gasteiger partial charge >= 0.3 is 0 Å². The summed E-state index contributed by atoms with van der Waals surface area (Å²) in [5, 5.41) is 6.24. The van der Waals surface area contributed by atoms with Gasteiger partial charge in [-0.25, -0.2) is 0 Å². The molecule has 0 spiro atoms. The molecule has 4 nitrogen and oxygen atoms in total. The first-order chi connectivity index (χ1) is 9.17. The van der Waals surface area contributed by atoms with Gasteiger partial charge in [0.1, 0.15) is 0 Å². The Balaban J connectivity index is 2.25. The van der Waals surface area contributed by atoms with Gasteiger partial charge in [0.2, 0.25) is 0 Å². The molecule has 0 radical (unpaired) electrons. The minimum absolute atomic E-state index is 0.0263. The summed E-state index contributed by atoms with van der Waals surface area (Å²) in [5.74, 6) is -0.0263. The zero-order valence-electron chi connectivity index (χ0n) is 12.0. The normalized spacial score (nSPS) is 12.2. The maximum atomic E-state index is 11.8. The van der Waals surface area contributed by atoms with Crippen molar-refractivity contribution in [2.75, 3.05) is 26.8 Å². The third-order valence-corrected chi connectivity index (χ3v) is 3.02. The molecule has 1 rings (SSSR count). The van der Waals surface area contributed by atoms with Crippen LogP contribution in [0.5, 0.6) is 0 Å². The molecule has 0 saturated heterocycles. The lowest BCUT2D eigenvalue weighted by atomic mass is 10.1. The van der Waals surface area contributed by atoms with Gasteiger partial charge in [0, 0.05) is 31.8 Å². The van der Waals surface area contributed by atoms with Crippen molar-refractivity contribution in [3.05, 3.63) is 35.4 Å². The Morgan fingerprint density at radius 1 is 1.26 bits per heavy atom. The summed E-state index contributed by atoms with van der Waals surface area (Å²) in [7, 11) is 1.70. The first-order valence-electron chi connectivity index (χ1n) is 6.74. The molecule has 0 saturated carbocycles. The lowest BCUT2D eigenvalue weighted by molar-refractivity contribution is 0.0952. The maximum Gasteiger partial charge on any atom is 0.251 e. The van der Waals surface area contributed by atoms with Gasteiger partial charge in [0.05, 0.1) is 6.61 Å². The summed E-state index contributed by atoms with van der Waals surface area (Å²) in [6, 6.07) is 7.93. The van der Waals surface area contributed by atoms with E-state index < -0.39 is 0 Å². The zero-order chi connectivity index (χ0) is 14.1. The standard InChI is InChI=1S/C15H24N2O2/c1-4-14(11-19-3)16-9-10-17-15(18)13-7-5-12(2)6-8-13/h5-8,14,16H,4,9-11H2,1-3H3,(H,17,18). The first-order valence-corrected chi connectivity index (χ1v) is 6.74. The molecular weight excluding hydrogens is 240 g/mol. The zero-order valence-corrected chi connectivity index (χ0v) is 12.0. The van der Waals surface area contributed by atoms with E-state index in [2.05, 4.69) is 17.6 Å². The number of amides is 1. The fourth-order valence-electron chi connectivity index (χ4n) is 1.78. The number of carbonyl (C=O) groups excluding carboxylic acids is 1. The van der Waals surface area contributed by atoms with Crippen molar-refractivity contribution in [3.63, 3.8) is 0 Å². The lowest BCUT2D eigenvalue weighted by Gasteiger charge is -2.16. The van der Waals surface area contributed by atoms with E-state index in [-0.39, 0.29) is 5.91 Å². The lowest BCUT2D eigenvalue weighted by Crippen LogP contribution is -2.38. The highest BCUT2D eigenvalue weighted by Crippen LogP contribution is 2.02. The van der Waals surface area contributed by atoms with Crippen molar-refractivity contribution in [2.24, 2.45) is 0 Å². The van der Waals surface area contributed by atoms with E-state index in [0.717, 1.165) is 18.5 Å². The smallest absolute Gasteiger partial charge is 0.251 e. The number of hydrogen-bond acceptors (Lipinski definition) is 3. The molecule has 19 heavy (non-hydrogen) atoms. The molecule has 1 amide bonds. The van der Waals surface area contributed by atoms with Crippen LogP contribution in [0.15, 0.2) is 24.3 Å². The number of rotatable bonds is 8. The number of nitrogens with one attached hydrogen (secondary N) is 2. The molecule has 0 fully saturated rings. The minimum Gasteiger partial charge on any atom is -0.383 e. The van der Waals surface area contributed by atoms with Gasteiger partial charge in [-0.05, 0) is 25.5 Å². The second kappa shape index (κ2) is 8.67. The molecule has 1 aromatic rings. The fourth-order valence-corrected chi connectivity index (χ4v) is 1.78. The number of carbonyl (C=O) groups is 1. The Morgan fingerprint density at radius 2 is 1.95 bits per heavy atom. The Hall–Kier alpha value is -1.39. The molecule has 2 N–H and O–H groups in total. The van der Waals surface area contributed by atoms with Gasteiger partial charge in [-0.2, -0.15) is 0 Å². The summed E-state index contributed by atoms with van der Waals surface area (Å²) in [6.45, 7) is 6.18. The quantitative estimate of drug-likeness (QED) is 0.703. The van der Waals surface area contributed by atoms with Gasteiger partial charge in [-0.1, -0.05) is 24.6 Å². The predicted octanol–water partition coefficient (Wildman–Crippen LogP) is 1.74. The molecule has 0 heterocycles. The second-order valence-corrected chi connectivity index (χ2v) is 4.64. The maximum absolute atomic E-state index is 11.8. The van der Waals surface area contributed by atoms with Crippen molar-refractivity contribution in [1.82, 2.24) is 10.6 Å². The molecule has 0 bridgehead atoms. The molecule has 1 unspecified atom stereocenters. The van der Waals surface area contributed by atoms with Crippen molar-refractivity contribution in [2.45, 2.75) is 26.3 Å². The Kier molecular flexibility index (Phi) is 7.15. The Bertz CT molecular complexity index is 376. The molecule has 0 aliphatic heterocycles. The largest absolute Gasteiger partial charge is 0.383 e. The van der Waals surface area contributed by atoms with E-state index in [4.69, 9.17) is 4.74 Å². The van der Waals surface area contributed by atoms with Gasteiger partial charge in [-0.15, -0.1) is 0 Å². The van der Waals surface area contributed by atoms with Crippen LogP contribution < -0.4 is 10.6 Å². The second-order valence-electron chi connectivity index (χ2n) is 4.64. The summed E-state index contributed by atoms with van der Waals surface area (Å²) in [6.07, 6.45) is 1.01. The van der Waals surface area contributed by atoms with E-state index in [1.54, 1.807) is 7.11 Å². The van der Waals surface area contributed by atoms with Crippen LogP contribution in [0.4, 0.5) is 0 Å². The van der Waals surface area contributed by atoms with E-state index in [1.807, 2.05) is 31.2 Å². The average molecular weight is 264 g/mol. The number of ether oxygens (including phenoxy) is 1. The van der Waals surface area contributed by atoms with Gasteiger partial charge in [-0.3, -0.25) is 4.79 Å². The number of aryl methyl sites for hydroxylation is 1. The van der Waals surface area contributed by atoms with Crippen LogP contribution in [-0.4, -0.2) is 38.8 Å². The van der Waals surface area contributed by atoms with Crippen molar-refractivity contribution in [1.29, 1.82) is 0 Å². The van der Waals surface area contributed by atoms with E-state index in [0.29, 0.717) is 24.8 Å². The fraction of sp³-hybridized carbons (Fsp3) is 0.533. The highest BCUT2D eigenvalue weighted by Gasteiger charge is 2.06. The molecule has 1 aromatic carbocycles. The van der Waals surface area contributed by atoms with Crippen molar-refractivity contribution < 1.29 is 9.53 Å². The topological polar surface area (TPSA) is 50.4 Å². The van der Waals surface area contributed by atoms with Crippen LogP contribution in [0, 0.1) is 6.92 Å². The molecule has 0 aliphatic rings. The van der Waals surface area contributed by atoms with Crippen molar-refractivity contribution in [3.8, 4) is 0 Å². The third kappa shape index (κ3) is 5.85. The van der Waals surface area contributed by atoms with E-state index >= 15 is 0 Å². The highest BCUT2D eigenvalue weighted by molar-refractivity contribution is 5.94. The molecule has 106 valence electrons. The number of hydrogen-bond donors (Lipinski definition) is 2. The highest BCUT2D eigenvalue weighted by atomic mass is 16.5. The minimum atomic E-state index is -0.0263. The van der Waals surface area contributed by atoms with Gasteiger partial charge in [0.15, 0.2) is 0 Å².